The van der Waals surface area contributed by atoms with Crippen LogP contribution in [0.25, 0.3) is 11.3 Å². The van der Waals surface area contributed by atoms with Crippen molar-refractivity contribution in [3.05, 3.63) is 69.4 Å². The summed E-state index contributed by atoms with van der Waals surface area (Å²) in [6, 6.07) is 10.0. The van der Waals surface area contributed by atoms with E-state index in [4.69, 9.17) is 24.3 Å². The maximum Gasteiger partial charge on any atom is 0.206 e. The Morgan fingerprint density at radius 2 is 1.69 bits per heavy atom. The van der Waals surface area contributed by atoms with Crippen LogP contribution in [-0.2, 0) is 0 Å². The predicted molar refractivity (Wildman–Crippen MR) is 132 cm³/mol. The first-order chi connectivity index (χ1) is 15.4. The van der Waals surface area contributed by atoms with E-state index in [0.29, 0.717) is 23.8 Å². The van der Waals surface area contributed by atoms with Gasteiger partial charge in [-0.2, -0.15) is 5.10 Å². The highest BCUT2D eigenvalue weighted by molar-refractivity contribution is 7.07. The molecule has 0 fully saturated rings. The summed E-state index contributed by atoms with van der Waals surface area (Å²) in [6.45, 7) is 10.7. The van der Waals surface area contributed by atoms with Crippen molar-refractivity contribution in [3.8, 4) is 28.5 Å². The van der Waals surface area contributed by atoms with Crippen molar-refractivity contribution in [3.63, 3.8) is 0 Å². The Kier molecular flexibility index (Phi) is 7.53. The average molecular weight is 452 g/mol. The standard InChI is InChI=1S/C25H29N3O3S/c1-16(2)13-26-25-28(21(15-32-25)19-9-8-17(3)18(4)10-19)27-14-20-11-23(30-6)24(31-7)12-22(20)29-5/h8-12,14-15H,1,13H2,2-7H3. The lowest BCUT2D eigenvalue weighted by Gasteiger charge is -2.12. The summed E-state index contributed by atoms with van der Waals surface area (Å²) in [4.78, 5) is 5.49. The molecular formula is C25H29N3O3S. The van der Waals surface area contributed by atoms with Crippen molar-refractivity contribution in [1.29, 1.82) is 0 Å². The molecule has 168 valence electrons. The number of aromatic nitrogens is 1. The van der Waals surface area contributed by atoms with Gasteiger partial charge in [-0.25, -0.2) is 4.68 Å². The fourth-order valence-electron chi connectivity index (χ4n) is 3.09. The maximum atomic E-state index is 5.54. The first-order valence-corrected chi connectivity index (χ1v) is 11.0. The molecule has 3 rings (SSSR count). The zero-order chi connectivity index (χ0) is 23.3. The highest BCUT2D eigenvalue weighted by Gasteiger charge is 2.12. The summed E-state index contributed by atoms with van der Waals surface area (Å²) >= 11 is 1.55. The number of ether oxygens (including phenoxy) is 3. The largest absolute Gasteiger partial charge is 0.496 e. The molecule has 0 aliphatic carbocycles. The topological polar surface area (TPSA) is 57.3 Å². The normalized spacial score (nSPS) is 11.8. The van der Waals surface area contributed by atoms with Gasteiger partial charge in [0.2, 0.25) is 4.80 Å². The van der Waals surface area contributed by atoms with E-state index < -0.39 is 0 Å². The minimum atomic E-state index is 0.544. The molecule has 1 heterocycles. The number of aryl methyl sites for hydroxylation is 2. The zero-order valence-corrected chi connectivity index (χ0v) is 20.2. The van der Waals surface area contributed by atoms with E-state index in [9.17, 15) is 0 Å². The number of hydrogen-bond donors (Lipinski definition) is 0. The van der Waals surface area contributed by atoms with E-state index in [1.807, 2.05) is 17.7 Å². The lowest BCUT2D eigenvalue weighted by atomic mass is 10.1. The molecule has 6 nitrogen and oxygen atoms in total. The van der Waals surface area contributed by atoms with Crippen LogP contribution in [0.15, 0.2) is 58.0 Å². The van der Waals surface area contributed by atoms with Crippen molar-refractivity contribution in [1.82, 2.24) is 4.68 Å². The molecule has 32 heavy (non-hydrogen) atoms. The van der Waals surface area contributed by atoms with Gasteiger partial charge in [0, 0.05) is 22.6 Å². The molecule has 0 atom stereocenters. The van der Waals surface area contributed by atoms with Crippen molar-refractivity contribution in [2.45, 2.75) is 20.8 Å². The molecule has 0 saturated heterocycles. The van der Waals surface area contributed by atoms with Crippen LogP contribution in [0.5, 0.6) is 17.2 Å². The Morgan fingerprint density at radius 3 is 2.31 bits per heavy atom. The monoisotopic (exact) mass is 451 g/mol. The highest BCUT2D eigenvalue weighted by atomic mass is 32.1. The summed E-state index contributed by atoms with van der Waals surface area (Å²) in [5, 5.41) is 6.86. The highest BCUT2D eigenvalue weighted by Crippen LogP contribution is 2.34. The van der Waals surface area contributed by atoms with Crippen molar-refractivity contribution in [2.24, 2.45) is 10.1 Å². The number of methoxy groups -OCH3 is 3. The summed E-state index contributed by atoms with van der Waals surface area (Å²) in [7, 11) is 4.81. The van der Waals surface area contributed by atoms with Crippen LogP contribution < -0.4 is 19.0 Å². The van der Waals surface area contributed by atoms with Crippen LogP contribution in [0, 0.1) is 13.8 Å². The summed E-state index contributed by atoms with van der Waals surface area (Å²) in [6.07, 6.45) is 1.75. The van der Waals surface area contributed by atoms with Gasteiger partial charge in [-0.1, -0.05) is 24.3 Å². The van der Waals surface area contributed by atoms with E-state index in [2.05, 4.69) is 44.0 Å². The van der Waals surface area contributed by atoms with Crippen LogP contribution >= 0.6 is 11.3 Å². The summed E-state index contributed by atoms with van der Waals surface area (Å²) in [5.74, 6) is 1.83. The smallest absolute Gasteiger partial charge is 0.206 e. The van der Waals surface area contributed by atoms with E-state index in [0.717, 1.165) is 27.2 Å². The van der Waals surface area contributed by atoms with Gasteiger partial charge in [0.25, 0.3) is 0 Å². The third-order valence-electron chi connectivity index (χ3n) is 5.02. The SMILES string of the molecule is C=C(C)CN=c1scc(-c2ccc(C)c(C)c2)n1N=Cc1cc(OC)c(OC)cc1OC. The molecule has 3 aromatic rings. The lowest BCUT2D eigenvalue weighted by molar-refractivity contribution is 0.349. The third-order valence-corrected chi connectivity index (χ3v) is 5.87. The number of benzene rings is 2. The van der Waals surface area contributed by atoms with Gasteiger partial charge >= 0.3 is 0 Å². The molecular weight excluding hydrogens is 422 g/mol. The average Bonchev–Trinajstić information content (AvgIpc) is 3.20. The van der Waals surface area contributed by atoms with Gasteiger partial charge in [-0.15, -0.1) is 11.3 Å². The molecule has 0 spiro atoms. The number of nitrogens with zero attached hydrogens (tertiary/aromatic N) is 3. The van der Waals surface area contributed by atoms with Crippen LogP contribution in [0.3, 0.4) is 0 Å². The molecule has 0 aliphatic rings. The molecule has 0 unspecified atom stereocenters. The van der Waals surface area contributed by atoms with Crippen LogP contribution in [0.2, 0.25) is 0 Å². The van der Waals surface area contributed by atoms with Crippen LogP contribution in [0.1, 0.15) is 23.6 Å². The molecule has 0 radical (unpaired) electrons. The maximum absolute atomic E-state index is 5.54. The van der Waals surface area contributed by atoms with Crippen molar-refractivity contribution in [2.75, 3.05) is 27.9 Å². The molecule has 0 aliphatic heterocycles. The molecule has 0 saturated carbocycles. The van der Waals surface area contributed by atoms with Crippen LogP contribution in [-0.4, -0.2) is 38.8 Å². The molecule has 0 N–H and O–H groups in total. The minimum absolute atomic E-state index is 0.544. The van der Waals surface area contributed by atoms with E-state index in [-0.39, 0.29) is 0 Å². The second-order valence-corrected chi connectivity index (χ2v) is 8.32. The van der Waals surface area contributed by atoms with Crippen molar-refractivity contribution < 1.29 is 14.2 Å². The summed E-state index contributed by atoms with van der Waals surface area (Å²) < 4.78 is 18.2. The Balaban J connectivity index is 2.14. The molecule has 1 aromatic heterocycles. The Labute approximate surface area is 193 Å². The van der Waals surface area contributed by atoms with Gasteiger partial charge in [0.05, 0.1) is 39.8 Å². The quantitative estimate of drug-likeness (QED) is 0.349. The number of hydrogen-bond acceptors (Lipinski definition) is 6. The van der Waals surface area contributed by atoms with Gasteiger partial charge < -0.3 is 14.2 Å². The fraction of sp³-hybridized carbons (Fsp3) is 0.280. The Morgan fingerprint density at radius 1 is 1.00 bits per heavy atom. The lowest BCUT2D eigenvalue weighted by Crippen LogP contribution is -2.13. The van der Waals surface area contributed by atoms with E-state index in [1.54, 1.807) is 44.9 Å². The van der Waals surface area contributed by atoms with Gasteiger partial charge in [-0.05, 0) is 44.0 Å². The molecule has 0 bridgehead atoms. The predicted octanol–water partition coefficient (Wildman–Crippen LogP) is 5.22. The fourth-order valence-corrected chi connectivity index (χ4v) is 3.93. The summed E-state index contributed by atoms with van der Waals surface area (Å²) in [5.41, 5.74) is 6.28. The van der Waals surface area contributed by atoms with Crippen molar-refractivity contribution >= 4 is 17.6 Å². The van der Waals surface area contributed by atoms with Gasteiger partial charge in [0.1, 0.15) is 5.75 Å². The molecule has 7 heteroatoms. The molecule has 0 amide bonds. The first kappa shape index (κ1) is 23.3. The van der Waals surface area contributed by atoms with Gasteiger partial charge in [0.15, 0.2) is 11.5 Å². The molecule has 2 aromatic carbocycles. The zero-order valence-electron chi connectivity index (χ0n) is 19.4. The second kappa shape index (κ2) is 10.3. The number of thiazole rings is 1. The van der Waals surface area contributed by atoms with E-state index in [1.165, 1.54) is 11.1 Å². The van der Waals surface area contributed by atoms with Crippen LogP contribution in [0.4, 0.5) is 0 Å². The first-order valence-electron chi connectivity index (χ1n) is 10.1. The second-order valence-electron chi connectivity index (χ2n) is 7.48. The Bertz CT molecular complexity index is 1220. The minimum Gasteiger partial charge on any atom is -0.496 e. The Hall–Kier alpha value is -3.32. The van der Waals surface area contributed by atoms with E-state index >= 15 is 0 Å². The third kappa shape index (κ3) is 5.11. The van der Waals surface area contributed by atoms with Gasteiger partial charge in [-0.3, -0.25) is 4.99 Å². The number of rotatable bonds is 8.